The van der Waals surface area contributed by atoms with Crippen LogP contribution in [-0.2, 0) is 23.9 Å². The number of anilines is 1. The lowest BCUT2D eigenvalue weighted by Gasteiger charge is -2.14. The highest BCUT2D eigenvalue weighted by molar-refractivity contribution is 5.92. The van der Waals surface area contributed by atoms with Crippen LogP contribution in [0.5, 0.6) is 11.5 Å². The number of allylic oxidation sites excluding steroid dienone is 1. The van der Waals surface area contributed by atoms with Gasteiger partial charge < -0.3 is 20.5 Å². The van der Waals surface area contributed by atoms with Gasteiger partial charge in [-0.25, -0.2) is 0 Å². The average Bonchev–Trinajstić information content (AvgIpc) is 2.66. The molecule has 9 heteroatoms. The van der Waals surface area contributed by atoms with E-state index in [2.05, 4.69) is 11.9 Å². The third-order valence-corrected chi connectivity index (χ3v) is 3.81. The summed E-state index contributed by atoms with van der Waals surface area (Å²) in [6, 6.07) is 8.40. The maximum atomic E-state index is 13.0. The molecule has 2 aromatic rings. The summed E-state index contributed by atoms with van der Waals surface area (Å²) in [6.07, 6.45) is -2.15. The van der Waals surface area contributed by atoms with E-state index in [1.54, 1.807) is 24.3 Å². The predicted octanol–water partition coefficient (Wildman–Crippen LogP) is 4.34. The fourth-order valence-corrected chi connectivity index (χ4v) is 2.51. The van der Waals surface area contributed by atoms with Gasteiger partial charge in [0.25, 0.3) is 5.91 Å². The normalized spacial score (nSPS) is 10.7. The smallest absolute Gasteiger partial charge is 0.416 e. The van der Waals surface area contributed by atoms with E-state index in [1.165, 1.54) is 13.2 Å². The second-order valence-electron chi connectivity index (χ2n) is 5.94. The molecule has 0 fully saturated rings. The lowest BCUT2D eigenvalue weighted by molar-refractivity contribution is -0.137. The monoisotopic (exact) mass is 430 g/mol. The van der Waals surface area contributed by atoms with Crippen LogP contribution in [0, 0.1) is 0 Å². The average molecular weight is 431 g/mol. The van der Waals surface area contributed by atoms with Gasteiger partial charge >= 0.3 is 6.18 Å². The van der Waals surface area contributed by atoms with Crippen molar-refractivity contribution in [2.75, 3.05) is 19.0 Å². The lowest BCUT2D eigenvalue weighted by Crippen LogP contribution is -2.21. The molecule has 0 bridgehead atoms. The quantitative estimate of drug-likeness (QED) is 0.611. The van der Waals surface area contributed by atoms with Crippen LogP contribution in [-0.4, -0.2) is 19.6 Å². The molecule has 1 amide bonds. The standard InChI is InChI=1S/C20H21F3N2O3.ClH/c1-3-4-13-5-6-17(18(9-13)27-2)28-12-19(26)25-16-8-14(11-24)7-15(10-16)20(21,22)23;/h3,5-10H,1,4,11-12,24H2,2H3,(H,25,26);1H. The molecule has 0 aliphatic heterocycles. The van der Waals surface area contributed by atoms with Gasteiger partial charge in [-0.2, -0.15) is 13.2 Å². The zero-order valence-corrected chi connectivity index (χ0v) is 16.5. The first kappa shape index (κ1) is 24.3. The number of carbonyl (C=O) groups excluding carboxylic acids is 1. The van der Waals surface area contributed by atoms with Crippen LogP contribution >= 0.6 is 12.4 Å². The first-order valence-electron chi connectivity index (χ1n) is 8.38. The van der Waals surface area contributed by atoms with Crippen molar-refractivity contribution < 1.29 is 27.4 Å². The third-order valence-electron chi connectivity index (χ3n) is 3.81. The summed E-state index contributed by atoms with van der Waals surface area (Å²) in [5, 5.41) is 2.39. The number of ether oxygens (including phenoxy) is 2. The fraction of sp³-hybridized carbons (Fsp3) is 0.250. The summed E-state index contributed by atoms with van der Waals surface area (Å²) >= 11 is 0. The second kappa shape index (κ2) is 10.7. The molecule has 0 aromatic heterocycles. The summed E-state index contributed by atoms with van der Waals surface area (Å²) < 4.78 is 49.6. The SMILES string of the molecule is C=CCc1ccc(OCC(=O)Nc2cc(CN)cc(C(F)(F)F)c2)c(OC)c1.Cl. The summed E-state index contributed by atoms with van der Waals surface area (Å²) in [5.74, 6) is 0.174. The highest BCUT2D eigenvalue weighted by Gasteiger charge is 2.31. The lowest BCUT2D eigenvalue weighted by atomic mass is 10.1. The Morgan fingerprint density at radius 2 is 1.90 bits per heavy atom. The Balaban J connectivity index is 0.00000420. The molecule has 0 heterocycles. The molecule has 5 nitrogen and oxygen atoms in total. The van der Waals surface area contributed by atoms with Gasteiger partial charge in [-0.1, -0.05) is 12.1 Å². The van der Waals surface area contributed by atoms with Crippen molar-refractivity contribution in [1.82, 2.24) is 0 Å². The van der Waals surface area contributed by atoms with Crippen LogP contribution in [0.15, 0.2) is 49.1 Å². The first-order valence-corrected chi connectivity index (χ1v) is 8.38. The van der Waals surface area contributed by atoms with Crippen LogP contribution in [0.25, 0.3) is 0 Å². The Labute approximate surface area is 173 Å². The Morgan fingerprint density at radius 1 is 1.17 bits per heavy atom. The fourth-order valence-electron chi connectivity index (χ4n) is 2.51. The van der Waals surface area contributed by atoms with E-state index in [1.807, 2.05) is 0 Å². The first-order chi connectivity index (χ1) is 13.3. The zero-order chi connectivity index (χ0) is 20.7. The predicted molar refractivity (Wildman–Crippen MR) is 108 cm³/mol. The van der Waals surface area contributed by atoms with Crippen molar-refractivity contribution in [1.29, 1.82) is 0 Å². The van der Waals surface area contributed by atoms with Gasteiger partial charge in [-0.05, 0) is 47.9 Å². The van der Waals surface area contributed by atoms with Crippen LogP contribution in [0.3, 0.4) is 0 Å². The summed E-state index contributed by atoms with van der Waals surface area (Å²) in [4.78, 5) is 12.1. The van der Waals surface area contributed by atoms with E-state index in [0.717, 1.165) is 17.7 Å². The molecule has 0 spiro atoms. The molecule has 2 rings (SSSR count). The molecule has 0 unspecified atom stereocenters. The van der Waals surface area contributed by atoms with Gasteiger partial charge in [0.2, 0.25) is 0 Å². The minimum absolute atomic E-state index is 0. The minimum atomic E-state index is -4.54. The Morgan fingerprint density at radius 3 is 2.48 bits per heavy atom. The molecule has 0 aliphatic carbocycles. The molecule has 29 heavy (non-hydrogen) atoms. The number of methoxy groups -OCH3 is 1. The molecule has 0 saturated heterocycles. The van der Waals surface area contributed by atoms with E-state index in [4.69, 9.17) is 15.2 Å². The largest absolute Gasteiger partial charge is 0.493 e. The number of nitrogens with two attached hydrogens (primary N) is 1. The molecule has 2 aromatic carbocycles. The van der Waals surface area contributed by atoms with E-state index >= 15 is 0 Å². The van der Waals surface area contributed by atoms with Gasteiger partial charge in [-0.15, -0.1) is 19.0 Å². The maximum Gasteiger partial charge on any atom is 0.416 e. The summed E-state index contributed by atoms with van der Waals surface area (Å²) in [5.41, 5.74) is 5.77. The van der Waals surface area contributed by atoms with Crippen LogP contribution in [0.2, 0.25) is 0 Å². The topological polar surface area (TPSA) is 73.6 Å². The number of alkyl halides is 3. The van der Waals surface area contributed by atoms with Crippen molar-refractivity contribution in [2.24, 2.45) is 5.73 Å². The van der Waals surface area contributed by atoms with Crippen molar-refractivity contribution in [2.45, 2.75) is 19.1 Å². The molecule has 0 radical (unpaired) electrons. The summed E-state index contributed by atoms with van der Waals surface area (Å²) in [6.45, 7) is 3.18. The Kier molecular flexibility index (Phi) is 9.00. The second-order valence-corrected chi connectivity index (χ2v) is 5.94. The number of benzene rings is 2. The Hall–Kier alpha value is -2.71. The molecular formula is C20H22ClF3N2O3. The zero-order valence-electron chi connectivity index (χ0n) is 15.7. The number of hydrogen-bond acceptors (Lipinski definition) is 4. The van der Waals surface area contributed by atoms with Gasteiger partial charge in [0, 0.05) is 12.2 Å². The molecule has 158 valence electrons. The van der Waals surface area contributed by atoms with E-state index in [9.17, 15) is 18.0 Å². The molecule has 0 saturated carbocycles. The number of hydrogen-bond donors (Lipinski definition) is 2. The van der Waals surface area contributed by atoms with Crippen LogP contribution in [0.1, 0.15) is 16.7 Å². The minimum Gasteiger partial charge on any atom is -0.493 e. The van der Waals surface area contributed by atoms with E-state index in [0.29, 0.717) is 17.9 Å². The maximum absolute atomic E-state index is 13.0. The van der Waals surface area contributed by atoms with Gasteiger partial charge in [0.05, 0.1) is 12.7 Å². The number of nitrogens with one attached hydrogen (secondary N) is 1. The summed E-state index contributed by atoms with van der Waals surface area (Å²) in [7, 11) is 1.47. The molecule has 3 N–H and O–H groups in total. The van der Waals surface area contributed by atoms with Gasteiger partial charge in [0.1, 0.15) is 0 Å². The molecular weight excluding hydrogens is 409 g/mol. The van der Waals surface area contributed by atoms with Crippen molar-refractivity contribution in [3.8, 4) is 11.5 Å². The van der Waals surface area contributed by atoms with Gasteiger partial charge in [-0.3, -0.25) is 4.79 Å². The number of carbonyl (C=O) groups is 1. The number of amides is 1. The molecule has 0 aliphatic rings. The highest BCUT2D eigenvalue weighted by atomic mass is 35.5. The van der Waals surface area contributed by atoms with Crippen molar-refractivity contribution in [3.63, 3.8) is 0 Å². The van der Waals surface area contributed by atoms with E-state index < -0.39 is 24.3 Å². The van der Waals surface area contributed by atoms with Crippen LogP contribution in [0.4, 0.5) is 18.9 Å². The molecule has 0 atom stereocenters. The third kappa shape index (κ3) is 6.99. The number of halogens is 4. The van der Waals surface area contributed by atoms with E-state index in [-0.39, 0.29) is 30.2 Å². The van der Waals surface area contributed by atoms with Crippen molar-refractivity contribution in [3.05, 3.63) is 65.7 Å². The number of rotatable bonds is 8. The Bertz CT molecular complexity index is 857. The van der Waals surface area contributed by atoms with Crippen molar-refractivity contribution >= 4 is 24.0 Å². The van der Waals surface area contributed by atoms with Crippen LogP contribution < -0.4 is 20.5 Å². The van der Waals surface area contributed by atoms with Gasteiger partial charge in [0.15, 0.2) is 18.1 Å². The highest BCUT2D eigenvalue weighted by Crippen LogP contribution is 2.32.